The molecule has 90 heavy (non-hydrogen) atoms. The Morgan fingerprint density at radius 2 is 0.511 bits per heavy atom. The molecule has 17 nitrogen and oxygen atoms in total. The first-order chi connectivity index (χ1) is 43.5. The van der Waals surface area contributed by atoms with Gasteiger partial charge in [0.2, 0.25) is 0 Å². The molecule has 0 fully saturated rings. The first-order valence-corrected chi connectivity index (χ1v) is 40.1. The molecule has 0 spiro atoms. The van der Waals surface area contributed by atoms with Crippen molar-refractivity contribution in [2.75, 3.05) is 39.6 Å². The van der Waals surface area contributed by atoms with Crippen molar-refractivity contribution in [2.24, 2.45) is 5.92 Å². The van der Waals surface area contributed by atoms with Crippen molar-refractivity contribution >= 4 is 39.5 Å². The Kier molecular flexibility index (Phi) is 63.0. The quantitative estimate of drug-likeness (QED) is 0.0222. The molecular formula is C71H138O17P2. The summed E-state index contributed by atoms with van der Waals surface area (Å²) in [6.07, 6.45) is 51.6. The largest absolute Gasteiger partial charge is 0.472 e. The highest BCUT2D eigenvalue weighted by Gasteiger charge is 2.30. The van der Waals surface area contributed by atoms with Crippen molar-refractivity contribution < 1.29 is 80.2 Å². The maximum atomic E-state index is 13.0. The second-order valence-electron chi connectivity index (χ2n) is 26.1. The minimum absolute atomic E-state index is 0.106. The summed E-state index contributed by atoms with van der Waals surface area (Å²) < 4.78 is 68.1. The third-order valence-corrected chi connectivity index (χ3v) is 18.4. The number of ether oxygens (including phenoxy) is 4. The Balaban J connectivity index is 5.15. The summed E-state index contributed by atoms with van der Waals surface area (Å²) in [5, 5.41) is 10.6. The van der Waals surface area contributed by atoms with Crippen LogP contribution in [0.5, 0.6) is 0 Å². The van der Waals surface area contributed by atoms with Crippen LogP contribution in [0, 0.1) is 5.92 Å². The summed E-state index contributed by atoms with van der Waals surface area (Å²) >= 11 is 0. The summed E-state index contributed by atoms with van der Waals surface area (Å²) in [6.45, 7) is 7.18. The van der Waals surface area contributed by atoms with Gasteiger partial charge in [-0.15, -0.1) is 0 Å². The fourth-order valence-corrected chi connectivity index (χ4v) is 12.4. The fraction of sp³-hybridized carbons (Fsp3) is 0.944. The van der Waals surface area contributed by atoms with Crippen molar-refractivity contribution in [3.8, 4) is 0 Å². The molecule has 0 rings (SSSR count). The van der Waals surface area contributed by atoms with Crippen molar-refractivity contribution in [3.05, 3.63) is 0 Å². The zero-order valence-electron chi connectivity index (χ0n) is 58.3. The molecule has 0 bridgehead atoms. The smallest absolute Gasteiger partial charge is 0.462 e. The summed E-state index contributed by atoms with van der Waals surface area (Å²) in [6, 6.07) is 0. The third-order valence-electron chi connectivity index (χ3n) is 16.5. The van der Waals surface area contributed by atoms with E-state index >= 15 is 0 Å². The Morgan fingerprint density at radius 1 is 0.300 bits per heavy atom. The minimum Gasteiger partial charge on any atom is -0.462 e. The van der Waals surface area contributed by atoms with E-state index in [0.29, 0.717) is 25.7 Å². The van der Waals surface area contributed by atoms with Crippen molar-refractivity contribution in [2.45, 2.75) is 387 Å². The zero-order valence-corrected chi connectivity index (χ0v) is 60.1. The van der Waals surface area contributed by atoms with E-state index in [2.05, 4.69) is 34.6 Å². The topological polar surface area (TPSA) is 237 Å². The van der Waals surface area contributed by atoms with Crippen molar-refractivity contribution in [1.82, 2.24) is 0 Å². The van der Waals surface area contributed by atoms with E-state index in [1.807, 2.05) is 0 Å². The van der Waals surface area contributed by atoms with Crippen molar-refractivity contribution in [1.29, 1.82) is 0 Å². The number of hydrogen-bond acceptors (Lipinski definition) is 15. The maximum absolute atomic E-state index is 13.0. The molecule has 0 saturated carbocycles. The van der Waals surface area contributed by atoms with E-state index in [9.17, 15) is 43.2 Å². The van der Waals surface area contributed by atoms with Gasteiger partial charge in [-0.1, -0.05) is 317 Å². The predicted molar refractivity (Wildman–Crippen MR) is 363 cm³/mol. The molecule has 2 unspecified atom stereocenters. The van der Waals surface area contributed by atoms with Gasteiger partial charge in [0.1, 0.15) is 19.3 Å². The number of phosphoric ester groups is 2. The second kappa shape index (κ2) is 64.4. The molecule has 534 valence electrons. The Morgan fingerprint density at radius 3 is 0.756 bits per heavy atom. The van der Waals surface area contributed by atoms with Crippen LogP contribution in [0.4, 0.5) is 0 Å². The van der Waals surface area contributed by atoms with Gasteiger partial charge < -0.3 is 33.8 Å². The van der Waals surface area contributed by atoms with Gasteiger partial charge in [-0.3, -0.25) is 37.3 Å². The molecule has 3 N–H and O–H groups in total. The SMILES string of the molecule is CCCCCCCCCCCCCCCCCCC(=O)O[C@H](COC(=O)CCCCCCCCCCCCCCCCC)COP(=O)(O)OC[C@@H](O)COP(=O)(O)OC[C@@H](COC(=O)CCCCCCC)OC(=O)CCCCCCCCCCCCCC(C)C. The maximum Gasteiger partial charge on any atom is 0.472 e. The number of unbranched alkanes of at least 4 members (excludes halogenated alkanes) is 43. The van der Waals surface area contributed by atoms with E-state index in [0.717, 1.165) is 102 Å². The van der Waals surface area contributed by atoms with Gasteiger partial charge >= 0.3 is 39.5 Å². The first kappa shape index (κ1) is 88.1. The molecular weight excluding hydrogens is 1190 g/mol. The van der Waals surface area contributed by atoms with E-state index in [1.54, 1.807) is 0 Å². The van der Waals surface area contributed by atoms with Crippen LogP contribution in [0.2, 0.25) is 0 Å². The summed E-state index contributed by atoms with van der Waals surface area (Å²) in [4.78, 5) is 72.3. The lowest BCUT2D eigenvalue weighted by molar-refractivity contribution is -0.161. The highest BCUT2D eigenvalue weighted by Crippen LogP contribution is 2.45. The van der Waals surface area contributed by atoms with Gasteiger partial charge in [-0.25, -0.2) is 9.13 Å². The van der Waals surface area contributed by atoms with Crippen LogP contribution < -0.4 is 0 Å². The van der Waals surface area contributed by atoms with Crippen LogP contribution in [0.15, 0.2) is 0 Å². The molecule has 0 aliphatic rings. The molecule has 0 heterocycles. The fourth-order valence-electron chi connectivity index (χ4n) is 10.8. The van der Waals surface area contributed by atoms with Crippen LogP contribution in [-0.2, 0) is 65.4 Å². The minimum atomic E-state index is -4.95. The normalized spacial score (nSPS) is 14.1. The van der Waals surface area contributed by atoms with Gasteiger partial charge in [0.15, 0.2) is 12.2 Å². The monoisotopic (exact) mass is 1320 g/mol. The van der Waals surface area contributed by atoms with Crippen LogP contribution >= 0.6 is 15.6 Å². The van der Waals surface area contributed by atoms with Gasteiger partial charge in [0.25, 0.3) is 0 Å². The van der Waals surface area contributed by atoms with E-state index in [4.69, 9.17) is 37.0 Å². The van der Waals surface area contributed by atoms with Gasteiger partial charge in [0.05, 0.1) is 26.4 Å². The molecule has 0 radical (unpaired) electrons. The number of aliphatic hydroxyl groups is 1. The van der Waals surface area contributed by atoms with Gasteiger partial charge in [0, 0.05) is 25.7 Å². The number of aliphatic hydroxyl groups excluding tert-OH is 1. The third kappa shape index (κ3) is 64.8. The van der Waals surface area contributed by atoms with E-state index in [-0.39, 0.29) is 25.7 Å². The highest BCUT2D eigenvalue weighted by molar-refractivity contribution is 7.47. The molecule has 0 saturated heterocycles. The summed E-state index contributed by atoms with van der Waals surface area (Å²) in [5.41, 5.74) is 0. The Hall–Kier alpha value is -1.94. The zero-order chi connectivity index (χ0) is 66.3. The Labute approximate surface area is 549 Å². The standard InChI is InChI=1S/C71H138O17P2/c1-6-9-12-15-17-19-21-23-25-27-29-33-37-41-46-51-56-71(76)88-67(61-82-69(74)55-50-45-40-36-32-28-26-24-22-20-18-16-13-10-7-2)63-86-90(79,80)84-59-65(72)58-83-89(77,78)85-62-66(60-81-68(73)54-49-43-14-11-8-3)87-70(75)57-52-47-42-38-34-30-31-35-39-44-48-53-64(4)5/h64-67,72H,6-63H2,1-5H3,(H,77,78)(H,79,80)/t65-,66+,67+/m0/s1. The molecule has 5 atom stereocenters. The number of esters is 4. The highest BCUT2D eigenvalue weighted by atomic mass is 31.2. The first-order valence-electron chi connectivity index (χ1n) is 37.1. The van der Waals surface area contributed by atoms with Gasteiger partial charge in [-0.05, 0) is 31.6 Å². The lowest BCUT2D eigenvalue weighted by Gasteiger charge is -2.21. The lowest BCUT2D eigenvalue weighted by atomic mass is 10.0. The molecule has 0 amide bonds. The van der Waals surface area contributed by atoms with Crippen LogP contribution in [0.3, 0.4) is 0 Å². The average Bonchev–Trinajstić information content (AvgIpc) is 3.11. The molecule has 0 aliphatic heterocycles. The molecule has 0 aromatic heterocycles. The van der Waals surface area contributed by atoms with Crippen LogP contribution in [0.25, 0.3) is 0 Å². The number of rotatable bonds is 71. The summed E-state index contributed by atoms with van der Waals surface area (Å²) in [5.74, 6) is -1.36. The lowest BCUT2D eigenvalue weighted by Crippen LogP contribution is -2.30. The van der Waals surface area contributed by atoms with E-state index in [1.165, 1.54) is 186 Å². The van der Waals surface area contributed by atoms with Crippen LogP contribution in [0.1, 0.15) is 369 Å². The molecule has 0 aromatic rings. The second-order valence-corrected chi connectivity index (χ2v) is 29.0. The number of carbonyl (C=O) groups is 4. The van der Waals surface area contributed by atoms with E-state index < -0.39 is 97.5 Å². The van der Waals surface area contributed by atoms with Crippen LogP contribution in [-0.4, -0.2) is 96.7 Å². The van der Waals surface area contributed by atoms with Crippen molar-refractivity contribution in [3.63, 3.8) is 0 Å². The number of carbonyl (C=O) groups excluding carboxylic acids is 4. The molecule has 19 heteroatoms. The average molecular weight is 1330 g/mol. The number of hydrogen-bond donors (Lipinski definition) is 3. The van der Waals surface area contributed by atoms with Gasteiger partial charge in [-0.2, -0.15) is 0 Å². The number of phosphoric acid groups is 2. The Bertz CT molecular complexity index is 1740. The molecule has 0 aromatic carbocycles. The molecule has 0 aliphatic carbocycles. The predicted octanol–water partition coefficient (Wildman–Crippen LogP) is 20.5. The summed E-state index contributed by atoms with van der Waals surface area (Å²) in [7, 11) is -9.89.